The second-order valence-corrected chi connectivity index (χ2v) is 7.40. The Morgan fingerprint density at radius 3 is 2.86 bits per heavy atom. The monoisotopic (exact) mass is 382 g/mol. The molecule has 2 heterocycles. The summed E-state index contributed by atoms with van der Waals surface area (Å²) in [5.41, 5.74) is 2.12. The summed E-state index contributed by atoms with van der Waals surface area (Å²) >= 11 is 0. The number of carbonyl (C=O) groups is 1. The molecule has 7 heteroatoms. The number of piperidine rings is 1. The van der Waals surface area contributed by atoms with Gasteiger partial charge in [-0.05, 0) is 31.0 Å². The zero-order chi connectivity index (χ0) is 20.1. The molecule has 1 fully saturated rings. The van der Waals surface area contributed by atoms with Crippen molar-refractivity contribution in [2.75, 3.05) is 39.1 Å². The van der Waals surface area contributed by atoms with E-state index in [1.165, 1.54) is 0 Å². The molecule has 1 saturated heterocycles. The molecule has 0 radical (unpaired) electrons. The lowest BCUT2D eigenvalue weighted by molar-refractivity contribution is -0.132. The summed E-state index contributed by atoms with van der Waals surface area (Å²) in [6, 6.07) is 10.5. The molecule has 0 saturated carbocycles. The second-order valence-electron chi connectivity index (χ2n) is 7.40. The zero-order valence-electron chi connectivity index (χ0n) is 17.2. The lowest BCUT2D eigenvalue weighted by Crippen LogP contribution is -2.51. The van der Waals surface area contributed by atoms with Crippen LogP contribution in [-0.4, -0.2) is 62.0 Å². The summed E-state index contributed by atoms with van der Waals surface area (Å²) < 4.78 is 0. The SMILES string of the molecule is CCNC(=NCc1cc(N(C)C)nc2ccccc12)NC1CCC(=O)N(C)C1. The quantitative estimate of drug-likeness (QED) is 0.611. The van der Waals surface area contributed by atoms with Crippen molar-refractivity contribution in [1.82, 2.24) is 20.5 Å². The summed E-state index contributed by atoms with van der Waals surface area (Å²) in [7, 11) is 5.85. The van der Waals surface area contributed by atoms with Crippen molar-refractivity contribution in [3.8, 4) is 0 Å². The molecule has 1 unspecified atom stereocenters. The minimum Gasteiger partial charge on any atom is -0.363 e. The van der Waals surface area contributed by atoms with Crippen LogP contribution in [-0.2, 0) is 11.3 Å². The maximum atomic E-state index is 11.7. The number of para-hydroxylation sites is 1. The van der Waals surface area contributed by atoms with Crippen LogP contribution in [0.2, 0.25) is 0 Å². The number of amides is 1. The third-order valence-electron chi connectivity index (χ3n) is 4.97. The number of rotatable bonds is 5. The molecule has 3 rings (SSSR count). The molecule has 0 aliphatic carbocycles. The van der Waals surface area contributed by atoms with E-state index in [9.17, 15) is 4.79 Å². The van der Waals surface area contributed by atoms with Gasteiger partial charge in [0.05, 0.1) is 12.1 Å². The predicted octanol–water partition coefficient (Wildman–Crippen LogP) is 1.98. The molecule has 7 nitrogen and oxygen atoms in total. The number of carbonyl (C=O) groups excluding carboxylic acids is 1. The number of hydrogen-bond acceptors (Lipinski definition) is 4. The number of fused-ring (bicyclic) bond motifs is 1. The second kappa shape index (κ2) is 8.91. The van der Waals surface area contributed by atoms with Gasteiger partial charge in [0.2, 0.25) is 5.91 Å². The first kappa shape index (κ1) is 19.9. The Morgan fingerprint density at radius 1 is 1.36 bits per heavy atom. The highest BCUT2D eigenvalue weighted by atomic mass is 16.2. The minimum atomic E-state index is 0.208. The molecule has 0 bridgehead atoms. The molecule has 1 aliphatic rings. The van der Waals surface area contributed by atoms with Gasteiger partial charge in [0, 0.05) is 52.1 Å². The topological polar surface area (TPSA) is 72.9 Å². The van der Waals surface area contributed by atoms with Crippen LogP contribution in [0, 0.1) is 0 Å². The van der Waals surface area contributed by atoms with E-state index in [-0.39, 0.29) is 11.9 Å². The summed E-state index contributed by atoms with van der Waals surface area (Å²) in [5, 5.41) is 7.92. The average Bonchev–Trinajstić information content (AvgIpc) is 2.68. The van der Waals surface area contributed by atoms with Crippen molar-refractivity contribution >= 4 is 28.6 Å². The van der Waals surface area contributed by atoms with Crippen molar-refractivity contribution < 1.29 is 4.79 Å². The molecule has 28 heavy (non-hydrogen) atoms. The molecular weight excluding hydrogens is 352 g/mol. The highest BCUT2D eigenvalue weighted by Gasteiger charge is 2.23. The largest absolute Gasteiger partial charge is 0.363 e. The van der Waals surface area contributed by atoms with Crippen molar-refractivity contribution in [1.29, 1.82) is 0 Å². The molecule has 150 valence electrons. The minimum absolute atomic E-state index is 0.208. The fourth-order valence-electron chi connectivity index (χ4n) is 3.40. The number of nitrogens with zero attached hydrogens (tertiary/aromatic N) is 4. The van der Waals surface area contributed by atoms with Crippen LogP contribution < -0.4 is 15.5 Å². The number of aliphatic imine (C=N–C) groups is 1. The summed E-state index contributed by atoms with van der Waals surface area (Å²) in [4.78, 5) is 25.0. The average molecular weight is 383 g/mol. The van der Waals surface area contributed by atoms with Crippen LogP contribution in [0.3, 0.4) is 0 Å². The number of nitrogens with one attached hydrogen (secondary N) is 2. The van der Waals surface area contributed by atoms with Gasteiger partial charge >= 0.3 is 0 Å². The summed E-state index contributed by atoms with van der Waals surface area (Å²) in [6.45, 7) is 4.10. The van der Waals surface area contributed by atoms with Gasteiger partial charge in [0.25, 0.3) is 0 Å². The van der Waals surface area contributed by atoms with Crippen molar-refractivity contribution in [2.45, 2.75) is 32.4 Å². The van der Waals surface area contributed by atoms with Crippen molar-refractivity contribution in [3.05, 3.63) is 35.9 Å². The number of guanidine groups is 1. The number of hydrogen-bond donors (Lipinski definition) is 2. The van der Waals surface area contributed by atoms with Gasteiger partial charge in [-0.1, -0.05) is 18.2 Å². The fraction of sp³-hybridized carbons (Fsp3) is 0.476. The fourth-order valence-corrected chi connectivity index (χ4v) is 3.40. The molecule has 2 N–H and O–H groups in total. The molecule has 2 aromatic rings. The summed E-state index contributed by atoms with van der Waals surface area (Å²) in [5.74, 6) is 1.91. The Bertz CT molecular complexity index is 863. The molecule has 1 aliphatic heterocycles. The first-order valence-corrected chi connectivity index (χ1v) is 9.82. The Labute approximate surface area is 166 Å². The highest BCUT2D eigenvalue weighted by Crippen LogP contribution is 2.22. The van der Waals surface area contributed by atoms with Gasteiger partial charge in [0.1, 0.15) is 5.82 Å². The van der Waals surface area contributed by atoms with Gasteiger partial charge in [-0.3, -0.25) is 4.79 Å². The predicted molar refractivity (Wildman–Crippen MR) is 115 cm³/mol. The molecule has 1 aromatic carbocycles. The Kier molecular flexibility index (Phi) is 6.34. The van der Waals surface area contributed by atoms with E-state index < -0.39 is 0 Å². The third kappa shape index (κ3) is 4.71. The molecule has 1 aromatic heterocycles. The van der Waals surface area contributed by atoms with Gasteiger partial charge in [-0.15, -0.1) is 0 Å². The maximum absolute atomic E-state index is 11.7. The number of likely N-dealkylation sites (N-methyl/N-ethyl adjacent to an activating group) is 1. The van der Waals surface area contributed by atoms with E-state index in [0.29, 0.717) is 19.5 Å². The Hall–Kier alpha value is -2.83. The Balaban J connectivity index is 1.82. The van der Waals surface area contributed by atoms with E-state index in [1.807, 2.05) is 44.2 Å². The number of pyridine rings is 1. The number of benzene rings is 1. The normalized spacial score (nSPS) is 17.7. The van der Waals surface area contributed by atoms with E-state index in [0.717, 1.165) is 41.2 Å². The van der Waals surface area contributed by atoms with Gasteiger partial charge < -0.3 is 20.4 Å². The van der Waals surface area contributed by atoms with E-state index in [1.54, 1.807) is 4.90 Å². The molecule has 1 amide bonds. The van der Waals surface area contributed by atoms with Crippen molar-refractivity contribution in [2.24, 2.45) is 4.99 Å². The zero-order valence-corrected chi connectivity index (χ0v) is 17.2. The molecule has 0 spiro atoms. The Morgan fingerprint density at radius 2 is 2.14 bits per heavy atom. The van der Waals surface area contributed by atoms with Crippen LogP contribution in [0.4, 0.5) is 5.82 Å². The van der Waals surface area contributed by atoms with Crippen LogP contribution in [0.25, 0.3) is 10.9 Å². The molecular formula is C21H30N6O. The smallest absolute Gasteiger partial charge is 0.222 e. The number of aromatic nitrogens is 1. The van der Waals surface area contributed by atoms with E-state index in [2.05, 4.69) is 29.7 Å². The van der Waals surface area contributed by atoms with Gasteiger partial charge in [0.15, 0.2) is 5.96 Å². The van der Waals surface area contributed by atoms with Crippen LogP contribution in [0.5, 0.6) is 0 Å². The van der Waals surface area contributed by atoms with Crippen LogP contribution in [0.1, 0.15) is 25.3 Å². The highest BCUT2D eigenvalue weighted by molar-refractivity contribution is 5.85. The van der Waals surface area contributed by atoms with Crippen molar-refractivity contribution in [3.63, 3.8) is 0 Å². The molecule has 1 atom stereocenters. The number of anilines is 1. The summed E-state index contributed by atoms with van der Waals surface area (Å²) in [6.07, 6.45) is 1.41. The number of likely N-dealkylation sites (tertiary alicyclic amines) is 1. The lowest BCUT2D eigenvalue weighted by Gasteiger charge is -2.31. The lowest BCUT2D eigenvalue weighted by atomic mass is 10.1. The van der Waals surface area contributed by atoms with Crippen LogP contribution >= 0.6 is 0 Å². The third-order valence-corrected chi connectivity index (χ3v) is 4.97. The standard InChI is InChI=1S/C21H30N6O/c1-5-22-21(24-16-10-11-20(28)27(4)14-16)23-13-15-12-19(26(2)3)25-18-9-7-6-8-17(15)18/h6-9,12,16H,5,10-11,13-14H2,1-4H3,(H2,22,23,24). The first-order chi connectivity index (χ1) is 13.5. The van der Waals surface area contributed by atoms with E-state index in [4.69, 9.17) is 9.98 Å². The van der Waals surface area contributed by atoms with Gasteiger partial charge in [-0.2, -0.15) is 0 Å². The van der Waals surface area contributed by atoms with Crippen LogP contribution in [0.15, 0.2) is 35.3 Å². The van der Waals surface area contributed by atoms with E-state index >= 15 is 0 Å². The first-order valence-electron chi connectivity index (χ1n) is 9.82. The van der Waals surface area contributed by atoms with Gasteiger partial charge in [-0.25, -0.2) is 9.98 Å². The maximum Gasteiger partial charge on any atom is 0.222 e.